The van der Waals surface area contributed by atoms with E-state index in [0.29, 0.717) is 11.5 Å². The van der Waals surface area contributed by atoms with Gasteiger partial charge in [-0.25, -0.2) is 18.1 Å². The Labute approximate surface area is 202 Å². The summed E-state index contributed by atoms with van der Waals surface area (Å²) in [4.78, 5) is 16.9. The number of aromatic nitrogens is 1. The Morgan fingerprint density at radius 1 is 1.14 bits per heavy atom. The zero-order valence-electron chi connectivity index (χ0n) is 18.8. The fraction of sp³-hybridized carbons (Fsp3) is 0.227. The number of nitrogens with zero attached hydrogens (tertiary/aromatic N) is 2. The minimum Gasteiger partial charge on any atom is -0.448 e. The highest BCUT2D eigenvalue weighted by molar-refractivity contribution is 7.90. The number of sulfonamides is 2. The van der Waals surface area contributed by atoms with Gasteiger partial charge in [0.1, 0.15) is 11.2 Å². The molecule has 1 amide bonds. The van der Waals surface area contributed by atoms with Crippen molar-refractivity contribution >= 4 is 37.5 Å². The number of carbonyl (C=O) groups excluding carboxylic acids is 1. The molecule has 0 fully saturated rings. The number of nitrogens with one attached hydrogen (secondary N) is 3. The summed E-state index contributed by atoms with van der Waals surface area (Å²) in [6.45, 7) is 1.68. The molecular weight excluding hydrogens is 494 g/mol. The maximum absolute atomic E-state index is 12.8. The molecule has 11 nitrogen and oxygen atoms in total. The first kappa shape index (κ1) is 24.6. The third-order valence-corrected chi connectivity index (χ3v) is 7.37. The van der Waals surface area contributed by atoms with E-state index in [4.69, 9.17) is 4.42 Å². The van der Waals surface area contributed by atoms with Gasteiger partial charge in [0.15, 0.2) is 0 Å². The third kappa shape index (κ3) is 5.75. The number of amidine groups is 1. The van der Waals surface area contributed by atoms with Crippen molar-refractivity contribution in [3.63, 3.8) is 0 Å². The first-order valence-electron chi connectivity index (χ1n) is 10.5. The van der Waals surface area contributed by atoms with E-state index in [0.717, 1.165) is 11.8 Å². The molecule has 184 valence electrons. The van der Waals surface area contributed by atoms with E-state index < -0.39 is 37.9 Å². The highest BCUT2D eigenvalue weighted by atomic mass is 32.2. The zero-order chi connectivity index (χ0) is 25.2. The van der Waals surface area contributed by atoms with Crippen LogP contribution in [0.25, 0.3) is 0 Å². The van der Waals surface area contributed by atoms with Gasteiger partial charge in [-0.1, -0.05) is 36.4 Å². The van der Waals surface area contributed by atoms with Gasteiger partial charge in [-0.05, 0) is 30.2 Å². The van der Waals surface area contributed by atoms with Gasteiger partial charge in [0.25, 0.3) is 15.9 Å². The number of amides is 1. The number of anilines is 1. The number of rotatable bonds is 8. The van der Waals surface area contributed by atoms with Crippen molar-refractivity contribution in [2.45, 2.75) is 23.8 Å². The van der Waals surface area contributed by atoms with Crippen molar-refractivity contribution in [2.24, 2.45) is 4.40 Å². The van der Waals surface area contributed by atoms with Crippen molar-refractivity contribution in [3.05, 3.63) is 78.0 Å². The minimum absolute atomic E-state index is 0.0879. The van der Waals surface area contributed by atoms with Crippen molar-refractivity contribution in [2.75, 3.05) is 18.1 Å². The molecule has 2 aromatic carbocycles. The molecule has 4 rings (SSSR count). The van der Waals surface area contributed by atoms with E-state index in [9.17, 15) is 21.6 Å². The third-order valence-electron chi connectivity index (χ3n) is 5.27. The lowest BCUT2D eigenvalue weighted by Gasteiger charge is -2.21. The highest BCUT2D eigenvalue weighted by Gasteiger charge is 2.30. The Balaban J connectivity index is 1.53. The van der Waals surface area contributed by atoms with Gasteiger partial charge in [-0.3, -0.25) is 4.79 Å². The van der Waals surface area contributed by atoms with Crippen LogP contribution in [-0.4, -0.2) is 46.4 Å². The quantitative estimate of drug-likeness (QED) is 0.407. The van der Waals surface area contributed by atoms with Gasteiger partial charge in [-0.2, -0.15) is 8.42 Å². The van der Waals surface area contributed by atoms with Crippen LogP contribution in [0.15, 0.2) is 74.7 Å². The second kappa shape index (κ2) is 9.60. The normalized spacial score (nSPS) is 16.3. The summed E-state index contributed by atoms with van der Waals surface area (Å²) < 4.78 is 60.1. The van der Waals surface area contributed by atoms with Crippen LogP contribution in [-0.2, 0) is 24.8 Å². The largest absolute Gasteiger partial charge is 0.448 e. The molecule has 0 spiro atoms. The van der Waals surface area contributed by atoms with Crippen molar-refractivity contribution in [3.8, 4) is 0 Å². The molecule has 1 aromatic heterocycles. The molecule has 0 bridgehead atoms. The molecule has 35 heavy (non-hydrogen) atoms. The number of oxazole rings is 1. The van der Waals surface area contributed by atoms with E-state index in [1.165, 1.54) is 24.6 Å². The van der Waals surface area contributed by atoms with Crippen LogP contribution >= 0.6 is 0 Å². The van der Waals surface area contributed by atoms with Gasteiger partial charge >= 0.3 is 0 Å². The molecule has 2 unspecified atom stereocenters. The molecule has 1 aliphatic heterocycles. The fourth-order valence-corrected chi connectivity index (χ4v) is 5.58. The van der Waals surface area contributed by atoms with Crippen molar-refractivity contribution in [1.29, 1.82) is 0 Å². The number of carbonyl (C=O) groups is 1. The second-order valence-electron chi connectivity index (χ2n) is 7.95. The summed E-state index contributed by atoms with van der Waals surface area (Å²) in [5, 5.41) is 5.44. The summed E-state index contributed by atoms with van der Waals surface area (Å²) in [5.74, 6) is -1.10. The smallest absolute Gasteiger partial charge is 0.287 e. The monoisotopic (exact) mass is 517 g/mol. The Morgan fingerprint density at radius 3 is 2.54 bits per heavy atom. The van der Waals surface area contributed by atoms with Crippen LogP contribution < -0.4 is 15.4 Å². The highest BCUT2D eigenvalue weighted by Crippen LogP contribution is 2.30. The van der Waals surface area contributed by atoms with E-state index >= 15 is 0 Å². The van der Waals surface area contributed by atoms with Crippen LogP contribution in [0.2, 0.25) is 0 Å². The van der Waals surface area contributed by atoms with Crippen LogP contribution in [0.4, 0.5) is 5.69 Å². The number of fused-ring (bicyclic) bond motifs is 1. The standard InChI is InChI=1S/C22H23N5O6S2/c1-14(26-34(2,29)30)16-8-9-18-19(12-16)35(31,32)27-20(25-18)21(28)24-13-17(22-23-10-11-33-22)15-6-4-3-5-7-15/h3-12,14,17,26H,13H2,1-2H3,(H,24,28)(H,25,27). The van der Waals surface area contributed by atoms with Crippen LogP contribution in [0, 0.1) is 0 Å². The number of benzene rings is 2. The Hall–Kier alpha value is -3.55. The Morgan fingerprint density at radius 2 is 1.89 bits per heavy atom. The topological polar surface area (TPSA) is 160 Å². The van der Waals surface area contributed by atoms with E-state index in [-0.39, 0.29) is 23.0 Å². The lowest BCUT2D eigenvalue weighted by atomic mass is 9.99. The van der Waals surface area contributed by atoms with Crippen LogP contribution in [0.5, 0.6) is 0 Å². The zero-order valence-corrected chi connectivity index (χ0v) is 20.4. The van der Waals surface area contributed by atoms with Gasteiger partial charge in [0, 0.05) is 12.6 Å². The summed E-state index contributed by atoms with van der Waals surface area (Å²) in [6, 6.07) is 13.0. The minimum atomic E-state index is -4.21. The van der Waals surface area contributed by atoms with Gasteiger partial charge in [0.05, 0.1) is 24.1 Å². The van der Waals surface area contributed by atoms with Crippen LogP contribution in [0.3, 0.4) is 0 Å². The second-order valence-corrected chi connectivity index (χ2v) is 11.3. The lowest BCUT2D eigenvalue weighted by Crippen LogP contribution is -2.40. The molecule has 0 saturated heterocycles. The van der Waals surface area contributed by atoms with Gasteiger partial charge in [-0.15, -0.1) is 4.40 Å². The summed E-state index contributed by atoms with van der Waals surface area (Å²) in [5.41, 5.74) is 1.45. The first-order chi connectivity index (χ1) is 16.5. The summed E-state index contributed by atoms with van der Waals surface area (Å²) >= 11 is 0. The molecule has 0 radical (unpaired) electrons. The SMILES string of the molecule is CC(NS(C)(=O)=O)c1ccc2c(c1)S(=O)(=O)N=C(C(=O)NCC(c1ccccc1)c1ncco1)N2. The molecular formula is C22H23N5O6S2. The molecule has 0 saturated carbocycles. The maximum atomic E-state index is 12.8. The van der Waals surface area contributed by atoms with Crippen molar-refractivity contribution in [1.82, 2.24) is 15.0 Å². The average Bonchev–Trinajstić information content (AvgIpc) is 3.32. The summed E-state index contributed by atoms with van der Waals surface area (Å²) in [7, 11) is -7.71. The Bertz CT molecular complexity index is 1470. The van der Waals surface area contributed by atoms with Gasteiger partial charge in [0.2, 0.25) is 21.7 Å². The van der Waals surface area contributed by atoms with Crippen molar-refractivity contribution < 1.29 is 26.0 Å². The van der Waals surface area contributed by atoms with E-state index in [1.54, 1.807) is 13.0 Å². The molecule has 1 aliphatic rings. The average molecular weight is 518 g/mol. The predicted molar refractivity (Wildman–Crippen MR) is 129 cm³/mol. The van der Waals surface area contributed by atoms with Gasteiger partial charge < -0.3 is 15.1 Å². The molecule has 3 N–H and O–H groups in total. The predicted octanol–water partition coefficient (Wildman–Crippen LogP) is 1.75. The first-order valence-corrected chi connectivity index (χ1v) is 13.8. The van der Waals surface area contributed by atoms with E-state index in [2.05, 4.69) is 24.7 Å². The molecule has 0 aliphatic carbocycles. The van der Waals surface area contributed by atoms with E-state index in [1.807, 2.05) is 30.3 Å². The number of hydrogen-bond acceptors (Lipinski definition) is 8. The number of hydrogen-bond donors (Lipinski definition) is 3. The van der Waals surface area contributed by atoms with Crippen LogP contribution in [0.1, 0.15) is 35.9 Å². The lowest BCUT2D eigenvalue weighted by molar-refractivity contribution is -0.114. The molecule has 2 atom stereocenters. The molecule has 13 heteroatoms. The fourth-order valence-electron chi connectivity index (χ4n) is 3.65. The molecule has 3 aromatic rings. The maximum Gasteiger partial charge on any atom is 0.287 e. The Kier molecular flexibility index (Phi) is 6.74. The molecule has 2 heterocycles. The summed E-state index contributed by atoms with van der Waals surface area (Å²) in [6.07, 6.45) is 3.95.